The first-order valence-corrected chi connectivity index (χ1v) is 24.2. The van der Waals surface area contributed by atoms with E-state index in [0.29, 0.717) is 22.3 Å². The highest BCUT2D eigenvalue weighted by molar-refractivity contribution is 14.1. The fourth-order valence-corrected chi connectivity index (χ4v) is 7.09. The van der Waals surface area contributed by atoms with Gasteiger partial charge in [-0.25, -0.2) is 4.79 Å². The standard InChI is InChI=1S/C17H25NO.C17H24O2.C10H18.C9H9IO3/c2*1-2-3-4-5-6-7-8-16-12-15-10-9-14(13-18)11-17(15)19-16;1-3-5-7-9-10-8-6-4-2;1-2-13-9(12)6-3-4-7(10)8(11)5-6/h9-12H,2-8,13,18H2,1H3;9-12,18H,2-8,13H2,1H3;1H,4-10H2,2H3;3-5,11H,2H2,1H3. The van der Waals surface area contributed by atoms with E-state index in [1.807, 2.05) is 40.8 Å². The highest BCUT2D eigenvalue weighted by Gasteiger charge is 2.09. The zero-order valence-corrected chi connectivity index (χ0v) is 40.0. The van der Waals surface area contributed by atoms with Gasteiger partial charge in [0.25, 0.3) is 0 Å². The first-order valence-electron chi connectivity index (χ1n) is 23.2. The quantitative estimate of drug-likeness (QED) is 0.0244. The lowest BCUT2D eigenvalue weighted by molar-refractivity contribution is 0.0526. The van der Waals surface area contributed by atoms with Gasteiger partial charge in [-0.15, -0.1) is 12.3 Å². The Kier molecular flexibility index (Phi) is 29.6. The van der Waals surface area contributed by atoms with Gasteiger partial charge in [-0.05, 0) is 102 Å². The molecule has 7 nitrogen and oxygen atoms in total. The Balaban J connectivity index is 0.000000289. The van der Waals surface area contributed by atoms with Crippen LogP contribution in [0.2, 0.25) is 0 Å². The zero-order valence-electron chi connectivity index (χ0n) is 37.9. The number of hydrogen-bond donors (Lipinski definition) is 3. The number of phenolic OH excluding ortho intramolecular Hbond substituents is 1. The Hall–Kier alpha value is -3.78. The molecule has 0 radical (unpaired) electrons. The van der Waals surface area contributed by atoms with E-state index >= 15 is 0 Å². The summed E-state index contributed by atoms with van der Waals surface area (Å²) in [5.74, 6) is 4.53. The number of benzene rings is 3. The maximum absolute atomic E-state index is 11.2. The van der Waals surface area contributed by atoms with E-state index < -0.39 is 5.97 Å². The third kappa shape index (κ3) is 22.8. The maximum Gasteiger partial charge on any atom is 0.338 e. The van der Waals surface area contributed by atoms with Crippen LogP contribution >= 0.6 is 22.6 Å². The van der Waals surface area contributed by atoms with Crippen LogP contribution in [-0.2, 0) is 30.7 Å². The minimum atomic E-state index is -0.408. The van der Waals surface area contributed by atoms with E-state index in [2.05, 4.69) is 57.0 Å². The molecule has 0 atom stereocenters. The number of carbonyl (C=O) groups is 1. The first-order chi connectivity index (χ1) is 29.7. The van der Waals surface area contributed by atoms with E-state index in [1.165, 1.54) is 127 Å². The van der Waals surface area contributed by atoms with Crippen molar-refractivity contribution in [3.63, 3.8) is 0 Å². The largest absolute Gasteiger partial charge is 0.507 e. The second-order valence-corrected chi connectivity index (χ2v) is 16.8. The van der Waals surface area contributed by atoms with Crippen LogP contribution in [0.15, 0.2) is 75.6 Å². The smallest absolute Gasteiger partial charge is 0.338 e. The summed E-state index contributed by atoms with van der Waals surface area (Å²) >= 11 is 1.98. The van der Waals surface area contributed by atoms with Gasteiger partial charge < -0.3 is 29.5 Å². The molecule has 0 saturated carbocycles. The lowest BCUT2D eigenvalue weighted by atomic mass is 10.1. The number of aliphatic hydroxyl groups excluding tert-OH is 1. The molecule has 336 valence electrons. The van der Waals surface area contributed by atoms with E-state index in [4.69, 9.17) is 30.8 Å². The van der Waals surface area contributed by atoms with E-state index in [0.717, 1.165) is 58.5 Å². The number of aryl methyl sites for hydroxylation is 2. The molecule has 8 heteroatoms. The average molecular weight is 950 g/mol. The van der Waals surface area contributed by atoms with Gasteiger partial charge in [0.2, 0.25) is 0 Å². The zero-order chi connectivity index (χ0) is 44.5. The third-order valence-corrected chi connectivity index (χ3v) is 11.3. The number of fused-ring (bicyclic) bond motifs is 2. The molecule has 4 N–H and O–H groups in total. The molecule has 0 aliphatic rings. The van der Waals surface area contributed by atoms with Gasteiger partial charge in [0.15, 0.2) is 0 Å². The van der Waals surface area contributed by atoms with Gasteiger partial charge >= 0.3 is 5.97 Å². The highest BCUT2D eigenvalue weighted by Crippen LogP contribution is 2.24. The topological polar surface area (TPSA) is 119 Å². The van der Waals surface area contributed by atoms with Gasteiger partial charge in [0, 0.05) is 36.6 Å². The second kappa shape index (κ2) is 33.8. The van der Waals surface area contributed by atoms with E-state index in [-0.39, 0.29) is 12.4 Å². The third-order valence-electron chi connectivity index (χ3n) is 10.4. The summed E-state index contributed by atoms with van der Waals surface area (Å²) in [5, 5.41) is 20.7. The maximum atomic E-state index is 11.2. The molecule has 0 spiro atoms. The van der Waals surface area contributed by atoms with Crippen LogP contribution in [0, 0.1) is 15.9 Å². The molecule has 3 aromatic carbocycles. The summed E-state index contributed by atoms with van der Waals surface area (Å²) in [6, 6.07) is 21.1. The number of terminal acetylenes is 1. The van der Waals surface area contributed by atoms with Crippen LogP contribution in [0.5, 0.6) is 5.75 Å². The van der Waals surface area contributed by atoms with Crippen molar-refractivity contribution in [1.82, 2.24) is 0 Å². The van der Waals surface area contributed by atoms with E-state index in [9.17, 15) is 9.90 Å². The molecule has 0 aliphatic heterocycles. The number of halogens is 1. The van der Waals surface area contributed by atoms with Crippen molar-refractivity contribution in [3.05, 3.63) is 98.5 Å². The molecule has 2 heterocycles. The minimum Gasteiger partial charge on any atom is -0.507 e. The van der Waals surface area contributed by atoms with Crippen molar-refractivity contribution >= 4 is 50.5 Å². The Morgan fingerprint density at radius 3 is 1.59 bits per heavy atom. The number of ether oxygens (including phenoxy) is 1. The molecule has 0 saturated heterocycles. The van der Waals surface area contributed by atoms with Crippen molar-refractivity contribution in [2.24, 2.45) is 5.73 Å². The minimum absolute atomic E-state index is 0.0728. The first kappa shape index (κ1) is 53.4. The molecule has 61 heavy (non-hydrogen) atoms. The molecule has 2 aromatic heterocycles. The van der Waals surface area contributed by atoms with Gasteiger partial charge in [0.1, 0.15) is 28.4 Å². The summed E-state index contributed by atoms with van der Waals surface area (Å²) in [6.07, 6.45) is 32.0. The molecular weight excluding hydrogens is 873 g/mol. The average Bonchev–Trinajstić information content (AvgIpc) is 3.89. The number of nitrogens with two attached hydrogens (primary N) is 1. The molecule has 0 amide bonds. The van der Waals surface area contributed by atoms with Crippen LogP contribution < -0.4 is 5.73 Å². The SMILES string of the molecule is C#CCCCCCCCC.CCCCCCCCc1cc2ccc(CN)cc2o1.CCCCCCCCc1cc2ccc(CO)cc2o1.CCOC(=O)c1ccc(I)c(O)c1. The van der Waals surface area contributed by atoms with Gasteiger partial charge in [-0.1, -0.05) is 141 Å². The van der Waals surface area contributed by atoms with Crippen molar-refractivity contribution in [2.45, 2.75) is 176 Å². The number of carbonyl (C=O) groups excluding carboxylic acids is 1. The molecule has 0 unspecified atom stereocenters. The Bertz CT molecular complexity index is 1840. The summed E-state index contributed by atoms with van der Waals surface area (Å²) in [4.78, 5) is 11.2. The monoisotopic (exact) mass is 949 g/mol. The lowest BCUT2D eigenvalue weighted by Gasteiger charge is -2.02. The fraction of sp³-hybridized carbons (Fsp3) is 0.528. The van der Waals surface area contributed by atoms with Gasteiger partial charge in [0.05, 0.1) is 22.3 Å². The molecule has 0 aliphatic carbocycles. The molecule has 0 bridgehead atoms. The number of unbranched alkanes of at least 4 members (excludes halogenated alkanes) is 16. The number of aliphatic hydroxyl groups is 1. The summed E-state index contributed by atoms with van der Waals surface area (Å²) < 4.78 is 17.2. The number of phenols is 1. The Morgan fingerprint density at radius 1 is 0.656 bits per heavy atom. The van der Waals surface area contributed by atoms with E-state index in [1.54, 1.807) is 19.1 Å². The number of esters is 1. The molecule has 5 rings (SSSR count). The summed E-state index contributed by atoms with van der Waals surface area (Å²) in [5.41, 5.74) is 9.93. The number of furan rings is 2. The predicted octanol–water partition coefficient (Wildman–Crippen LogP) is 15.2. The number of aromatic hydroxyl groups is 1. The molecular formula is C53H76INO6. The predicted molar refractivity (Wildman–Crippen MR) is 264 cm³/mol. The second-order valence-electron chi connectivity index (χ2n) is 15.7. The van der Waals surface area contributed by atoms with Crippen LogP contribution in [0.1, 0.15) is 183 Å². The van der Waals surface area contributed by atoms with Crippen molar-refractivity contribution in [3.8, 4) is 18.1 Å². The Morgan fingerprint density at radius 2 is 1.13 bits per heavy atom. The Labute approximate surface area is 381 Å². The van der Waals surface area contributed by atoms with Crippen LogP contribution in [0.4, 0.5) is 0 Å². The van der Waals surface area contributed by atoms with Crippen LogP contribution in [0.25, 0.3) is 21.9 Å². The number of hydrogen-bond acceptors (Lipinski definition) is 7. The lowest BCUT2D eigenvalue weighted by Crippen LogP contribution is -2.04. The van der Waals surface area contributed by atoms with Gasteiger partial charge in [-0.2, -0.15) is 0 Å². The highest BCUT2D eigenvalue weighted by atomic mass is 127. The molecule has 5 aromatic rings. The summed E-state index contributed by atoms with van der Waals surface area (Å²) in [7, 11) is 0. The van der Waals surface area contributed by atoms with Crippen molar-refractivity contribution in [2.75, 3.05) is 6.61 Å². The van der Waals surface area contributed by atoms with Crippen molar-refractivity contribution in [1.29, 1.82) is 0 Å². The van der Waals surface area contributed by atoms with Gasteiger partial charge in [-0.3, -0.25) is 0 Å². The summed E-state index contributed by atoms with van der Waals surface area (Å²) in [6.45, 7) is 9.46. The van der Waals surface area contributed by atoms with Crippen molar-refractivity contribution < 1.29 is 28.6 Å². The normalized spacial score (nSPS) is 10.6. The fourth-order valence-electron chi connectivity index (χ4n) is 6.75. The number of rotatable bonds is 24. The van der Waals surface area contributed by atoms with Crippen LogP contribution in [-0.4, -0.2) is 22.8 Å². The van der Waals surface area contributed by atoms with Crippen LogP contribution in [0.3, 0.4) is 0 Å². The molecule has 0 fully saturated rings.